The Labute approximate surface area is 172 Å². The molecule has 3 rings (SSSR count). The minimum atomic E-state index is -3.75. The Morgan fingerprint density at radius 2 is 1.69 bits per heavy atom. The maximum absolute atomic E-state index is 12.4. The summed E-state index contributed by atoms with van der Waals surface area (Å²) in [5.74, 6) is 0.966. The van der Waals surface area contributed by atoms with Crippen LogP contribution in [-0.4, -0.2) is 27.0 Å². The first kappa shape index (κ1) is 21.3. The van der Waals surface area contributed by atoms with E-state index in [1.807, 2.05) is 12.1 Å². The van der Waals surface area contributed by atoms with Crippen molar-refractivity contribution in [2.24, 2.45) is 5.92 Å². The molecule has 7 heteroatoms. The molecule has 1 atom stereocenters. The highest BCUT2D eigenvalue weighted by Gasteiger charge is 2.22. The van der Waals surface area contributed by atoms with Crippen molar-refractivity contribution < 1.29 is 17.9 Å². The standard InChI is InChI=1S/C22H28N2O4S/c1-17(24-29(26,27)21-10-6-3-7-11-21)22(25)23-19-12-14-20(15-13-19)28-16-18-8-4-2-5-9-18/h3,6-7,10-15,17-18,24H,2,4-5,8-9,16H2,1H3,(H,23,25)/t17-/m0/s1. The zero-order valence-corrected chi connectivity index (χ0v) is 17.5. The summed E-state index contributed by atoms with van der Waals surface area (Å²) in [5.41, 5.74) is 0.589. The first-order valence-corrected chi connectivity index (χ1v) is 11.5. The zero-order valence-electron chi connectivity index (χ0n) is 16.6. The van der Waals surface area contributed by atoms with Gasteiger partial charge < -0.3 is 10.1 Å². The number of hydrogen-bond donors (Lipinski definition) is 2. The van der Waals surface area contributed by atoms with Crippen molar-refractivity contribution in [1.29, 1.82) is 0 Å². The van der Waals surface area contributed by atoms with E-state index in [-0.39, 0.29) is 4.90 Å². The molecule has 1 saturated carbocycles. The maximum atomic E-state index is 12.4. The largest absolute Gasteiger partial charge is 0.493 e. The second-order valence-corrected chi connectivity index (χ2v) is 9.20. The molecule has 0 bridgehead atoms. The quantitative estimate of drug-likeness (QED) is 0.682. The van der Waals surface area contributed by atoms with Crippen molar-refractivity contribution >= 4 is 21.6 Å². The van der Waals surface area contributed by atoms with Crippen molar-refractivity contribution in [3.63, 3.8) is 0 Å². The van der Waals surface area contributed by atoms with Gasteiger partial charge in [0.25, 0.3) is 0 Å². The number of ether oxygens (including phenoxy) is 1. The van der Waals surface area contributed by atoms with Gasteiger partial charge in [0, 0.05) is 5.69 Å². The molecule has 2 aromatic rings. The van der Waals surface area contributed by atoms with Gasteiger partial charge >= 0.3 is 0 Å². The number of hydrogen-bond acceptors (Lipinski definition) is 4. The second kappa shape index (κ2) is 9.89. The molecule has 1 aliphatic rings. The number of anilines is 1. The van der Waals surface area contributed by atoms with E-state index >= 15 is 0 Å². The molecule has 0 aromatic heterocycles. The molecule has 0 spiro atoms. The smallest absolute Gasteiger partial charge is 0.242 e. The average Bonchev–Trinajstić information content (AvgIpc) is 2.74. The van der Waals surface area contributed by atoms with Gasteiger partial charge in [0.1, 0.15) is 5.75 Å². The van der Waals surface area contributed by atoms with Gasteiger partial charge in [-0.1, -0.05) is 37.5 Å². The highest BCUT2D eigenvalue weighted by Crippen LogP contribution is 2.25. The summed E-state index contributed by atoms with van der Waals surface area (Å²) in [6.45, 7) is 2.24. The zero-order chi connectivity index (χ0) is 20.7. The Balaban J connectivity index is 1.50. The van der Waals surface area contributed by atoms with Gasteiger partial charge in [-0.3, -0.25) is 4.79 Å². The average molecular weight is 417 g/mol. The fourth-order valence-electron chi connectivity index (χ4n) is 3.41. The van der Waals surface area contributed by atoms with Gasteiger partial charge in [-0.25, -0.2) is 8.42 Å². The van der Waals surface area contributed by atoms with Gasteiger partial charge in [0.15, 0.2) is 0 Å². The third-order valence-corrected chi connectivity index (χ3v) is 6.67. The van der Waals surface area contributed by atoms with Gasteiger partial charge in [-0.2, -0.15) is 4.72 Å². The van der Waals surface area contributed by atoms with Crippen LogP contribution < -0.4 is 14.8 Å². The van der Waals surface area contributed by atoms with Crippen LogP contribution in [0, 0.1) is 5.92 Å². The fraction of sp³-hybridized carbons (Fsp3) is 0.409. The number of amides is 1. The normalized spacial score (nSPS) is 16.2. The van der Waals surface area contributed by atoms with E-state index in [1.165, 1.54) is 51.2 Å². The molecule has 2 aromatic carbocycles. The third kappa shape index (κ3) is 6.30. The summed E-state index contributed by atoms with van der Waals surface area (Å²) in [5, 5.41) is 2.73. The lowest BCUT2D eigenvalue weighted by molar-refractivity contribution is -0.117. The van der Waals surface area contributed by atoms with Crippen molar-refractivity contribution in [1.82, 2.24) is 4.72 Å². The number of rotatable bonds is 8. The van der Waals surface area contributed by atoms with Crippen LogP contribution in [0.3, 0.4) is 0 Å². The first-order valence-electron chi connectivity index (χ1n) is 10.1. The molecular formula is C22H28N2O4S. The van der Waals surface area contributed by atoms with Gasteiger partial charge in [0.05, 0.1) is 17.5 Å². The number of sulfonamides is 1. The monoisotopic (exact) mass is 416 g/mol. The number of nitrogens with one attached hydrogen (secondary N) is 2. The second-order valence-electron chi connectivity index (χ2n) is 7.48. The fourth-order valence-corrected chi connectivity index (χ4v) is 4.63. The Kier molecular flexibility index (Phi) is 7.28. The van der Waals surface area contributed by atoms with Gasteiger partial charge in [-0.15, -0.1) is 0 Å². The van der Waals surface area contributed by atoms with Crippen LogP contribution in [0.4, 0.5) is 5.69 Å². The molecule has 2 N–H and O–H groups in total. The molecule has 1 aliphatic carbocycles. The Hall–Kier alpha value is -2.38. The van der Waals surface area contributed by atoms with Crippen molar-refractivity contribution in [3.8, 4) is 5.75 Å². The van der Waals surface area contributed by atoms with Gasteiger partial charge in [0.2, 0.25) is 15.9 Å². The van der Waals surface area contributed by atoms with Crippen molar-refractivity contribution in [2.75, 3.05) is 11.9 Å². The van der Waals surface area contributed by atoms with Crippen LogP contribution in [0.2, 0.25) is 0 Å². The van der Waals surface area contributed by atoms with Crippen LogP contribution in [0.1, 0.15) is 39.0 Å². The Morgan fingerprint density at radius 3 is 2.34 bits per heavy atom. The minimum Gasteiger partial charge on any atom is -0.493 e. The van der Waals surface area contributed by atoms with E-state index in [2.05, 4.69) is 10.0 Å². The van der Waals surface area contributed by atoms with Crippen LogP contribution in [0.15, 0.2) is 59.5 Å². The van der Waals surface area contributed by atoms with E-state index in [0.29, 0.717) is 11.6 Å². The summed E-state index contributed by atoms with van der Waals surface area (Å²) in [7, 11) is -3.75. The molecule has 29 heavy (non-hydrogen) atoms. The van der Waals surface area contributed by atoms with Crippen LogP contribution >= 0.6 is 0 Å². The summed E-state index contributed by atoms with van der Waals surface area (Å²) in [6, 6.07) is 14.2. The highest BCUT2D eigenvalue weighted by molar-refractivity contribution is 7.89. The molecule has 0 heterocycles. The summed E-state index contributed by atoms with van der Waals surface area (Å²) >= 11 is 0. The Morgan fingerprint density at radius 1 is 1.03 bits per heavy atom. The van der Waals surface area contributed by atoms with Crippen molar-refractivity contribution in [2.45, 2.75) is 50.0 Å². The van der Waals surface area contributed by atoms with E-state index in [1.54, 1.807) is 30.3 Å². The molecule has 0 radical (unpaired) electrons. The van der Waals surface area contributed by atoms with E-state index in [0.717, 1.165) is 12.4 Å². The van der Waals surface area contributed by atoms with E-state index in [9.17, 15) is 13.2 Å². The minimum absolute atomic E-state index is 0.124. The lowest BCUT2D eigenvalue weighted by Gasteiger charge is -2.21. The van der Waals surface area contributed by atoms with Crippen LogP contribution in [-0.2, 0) is 14.8 Å². The predicted molar refractivity (Wildman–Crippen MR) is 113 cm³/mol. The molecular weight excluding hydrogens is 388 g/mol. The molecule has 6 nitrogen and oxygen atoms in total. The molecule has 1 fully saturated rings. The summed E-state index contributed by atoms with van der Waals surface area (Å²) < 4.78 is 32.9. The topological polar surface area (TPSA) is 84.5 Å². The molecule has 0 unspecified atom stereocenters. The predicted octanol–water partition coefficient (Wildman–Crippen LogP) is 3.95. The highest BCUT2D eigenvalue weighted by atomic mass is 32.2. The van der Waals surface area contributed by atoms with Gasteiger partial charge in [-0.05, 0) is 62.1 Å². The third-order valence-electron chi connectivity index (χ3n) is 5.11. The number of benzene rings is 2. The number of carbonyl (C=O) groups excluding carboxylic acids is 1. The lowest BCUT2D eigenvalue weighted by atomic mass is 9.90. The van der Waals surface area contributed by atoms with E-state index < -0.39 is 22.0 Å². The molecule has 0 aliphatic heterocycles. The van der Waals surface area contributed by atoms with Crippen LogP contribution in [0.25, 0.3) is 0 Å². The molecule has 156 valence electrons. The summed E-state index contributed by atoms with van der Waals surface area (Å²) in [6.07, 6.45) is 6.34. The maximum Gasteiger partial charge on any atom is 0.242 e. The lowest BCUT2D eigenvalue weighted by Crippen LogP contribution is -2.41. The number of carbonyl (C=O) groups is 1. The Bertz CT molecular complexity index is 892. The van der Waals surface area contributed by atoms with Crippen LogP contribution in [0.5, 0.6) is 5.75 Å². The van der Waals surface area contributed by atoms with E-state index in [4.69, 9.17) is 4.74 Å². The molecule has 0 saturated heterocycles. The SMILES string of the molecule is C[C@H](NS(=O)(=O)c1ccccc1)C(=O)Nc1ccc(OCC2CCCCC2)cc1. The first-order chi connectivity index (χ1) is 13.9. The molecule has 1 amide bonds. The van der Waals surface area contributed by atoms with Crippen molar-refractivity contribution in [3.05, 3.63) is 54.6 Å². The summed E-state index contributed by atoms with van der Waals surface area (Å²) in [4.78, 5) is 12.5.